The van der Waals surface area contributed by atoms with Crippen molar-refractivity contribution in [2.75, 3.05) is 6.54 Å². The molecule has 0 aromatic carbocycles. The van der Waals surface area contributed by atoms with Crippen LogP contribution in [0, 0.1) is 0 Å². The van der Waals surface area contributed by atoms with Crippen LogP contribution in [0.25, 0.3) is 0 Å². The normalized spacial score (nSPS) is 7.11. The summed E-state index contributed by atoms with van der Waals surface area (Å²) in [5.41, 5.74) is 0. The van der Waals surface area contributed by atoms with E-state index in [0.717, 1.165) is 0 Å². The number of carboxylic acid groups (broad SMARTS) is 1. The summed E-state index contributed by atoms with van der Waals surface area (Å²) in [6, 6.07) is 0. The van der Waals surface area contributed by atoms with Gasteiger partial charge in [0.05, 0.1) is 6.42 Å². The van der Waals surface area contributed by atoms with Crippen molar-refractivity contribution >= 4 is 50.1 Å². The number of hydrogen-bond acceptors (Lipinski definition) is 2. The molecule has 5 heteroatoms. The van der Waals surface area contributed by atoms with Gasteiger partial charge in [0.15, 0.2) is 0 Å². The number of rotatable bonds is 4. The van der Waals surface area contributed by atoms with Crippen molar-refractivity contribution in [3.8, 4) is 0 Å². The molecule has 0 spiro atoms. The molecule has 0 saturated heterocycles. The number of carbonyl (C=O) groups excluding carboxylic acids is 1. The molecule has 1 amide bonds. The molecule has 0 aromatic heterocycles. The van der Waals surface area contributed by atoms with Crippen LogP contribution in [0.1, 0.15) is 6.42 Å². The van der Waals surface area contributed by atoms with E-state index in [-0.39, 0.29) is 50.7 Å². The van der Waals surface area contributed by atoms with Crippen molar-refractivity contribution in [3.05, 3.63) is 0 Å². The summed E-state index contributed by atoms with van der Waals surface area (Å²) in [5, 5.41) is 10.2. The van der Waals surface area contributed by atoms with Crippen LogP contribution in [0.3, 0.4) is 0 Å². The van der Waals surface area contributed by atoms with Gasteiger partial charge in [-0.1, -0.05) is 0 Å². The molecule has 4 nitrogen and oxygen atoms in total. The van der Waals surface area contributed by atoms with Crippen LogP contribution >= 0.6 is 0 Å². The molecular formula is C4H9CaNO3. The fourth-order valence-corrected chi connectivity index (χ4v) is 0.238. The molecule has 0 bridgehead atoms. The van der Waals surface area contributed by atoms with Crippen molar-refractivity contribution in [1.82, 2.24) is 5.32 Å². The molecule has 9 heavy (non-hydrogen) atoms. The Morgan fingerprint density at radius 3 is 2.56 bits per heavy atom. The summed E-state index contributed by atoms with van der Waals surface area (Å²) in [7, 11) is 0. The molecule has 0 radical (unpaired) electrons. The Labute approximate surface area is 82.6 Å². The maximum atomic E-state index is 9.72. The molecule has 0 atom stereocenters. The van der Waals surface area contributed by atoms with Crippen molar-refractivity contribution < 1.29 is 14.7 Å². The summed E-state index contributed by atoms with van der Waals surface area (Å²) in [5.74, 6) is -0.903. The van der Waals surface area contributed by atoms with Gasteiger partial charge in [-0.2, -0.15) is 0 Å². The van der Waals surface area contributed by atoms with Crippen molar-refractivity contribution in [1.29, 1.82) is 0 Å². The van der Waals surface area contributed by atoms with Gasteiger partial charge in [0.2, 0.25) is 6.41 Å². The third kappa shape index (κ3) is 11.7. The number of hydrogen-bond donors (Lipinski definition) is 2. The Hall–Kier alpha value is 0.200. The predicted molar refractivity (Wildman–Crippen MR) is 34.9 cm³/mol. The van der Waals surface area contributed by atoms with Gasteiger partial charge >= 0.3 is 43.7 Å². The third-order valence-electron chi connectivity index (χ3n) is 0.567. The van der Waals surface area contributed by atoms with Crippen molar-refractivity contribution in [3.63, 3.8) is 0 Å². The molecular weight excluding hydrogens is 150 g/mol. The number of nitrogens with one attached hydrogen (secondary N) is 1. The van der Waals surface area contributed by atoms with E-state index < -0.39 is 5.97 Å². The van der Waals surface area contributed by atoms with E-state index >= 15 is 0 Å². The molecule has 0 saturated carbocycles. The van der Waals surface area contributed by atoms with Crippen LogP contribution in [0.2, 0.25) is 0 Å². The van der Waals surface area contributed by atoms with Crippen LogP contribution in [0.5, 0.6) is 0 Å². The summed E-state index contributed by atoms with van der Waals surface area (Å²) in [6.07, 6.45) is 0.460. The van der Waals surface area contributed by atoms with E-state index in [1.54, 1.807) is 0 Å². The van der Waals surface area contributed by atoms with Gasteiger partial charge in [-0.25, -0.2) is 0 Å². The van der Waals surface area contributed by atoms with E-state index in [1.165, 1.54) is 0 Å². The van der Waals surface area contributed by atoms with Gasteiger partial charge in [-0.3, -0.25) is 9.59 Å². The van der Waals surface area contributed by atoms with Crippen LogP contribution in [0.4, 0.5) is 0 Å². The molecule has 0 heterocycles. The fraction of sp³-hybridized carbons (Fsp3) is 0.500. The molecule has 0 rings (SSSR count). The molecule has 0 aromatic rings. The third-order valence-corrected chi connectivity index (χ3v) is 0.567. The molecule has 2 N–H and O–H groups in total. The van der Waals surface area contributed by atoms with Crippen molar-refractivity contribution in [2.45, 2.75) is 6.42 Å². The second-order valence-corrected chi connectivity index (χ2v) is 1.22. The van der Waals surface area contributed by atoms with Gasteiger partial charge < -0.3 is 10.4 Å². The average Bonchev–Trinajstić information content (AvgIpc) is 1.66. The first kappa shape index (κ1) is 11.9. The van der Waals surface area contributed by atoms with Gasteiger partial charge in [0.25, 0.3) is 0 Å². The summed E-state index contributed by atoms with van der Waals surface area (Å²) in [6.45, 7) is 0.207. The Balaban J connectivity index is 0. The maximum absolute atomic E-state index is 9.72. The predicted octanol–water partition coefficient (Wildman–Crippen LogP) is -1.71. The Morgan fingerprint density at radius 2 is 2.22 bits per heavy atom. The molecule has 0 aliphatic rings. The molecule has 0 fully saturated rings. The van der Waals surface area contributed by atoms with E-state index in [9.17, 15) is 9.59 Å². The van der Waals surface area contributed by atoms with Crippen LogP contribution in [-0.4, -0.2) is 61.8 Å². The van der Waals surface area contributed by atoms with Gasteiger partial charge in [0, 0.05) is 6.54 Å². The zero-order valence-electron chi connectivity index (χ0n) is 4.26. The second-order valence-electron chi connectivity index (χ2n) is 1.22. The van der Waals surface area contributed by atoms with Crippen LogP contribution < -0.4 is 5.32 Å². The average molecular weight is 159 g/mol. The fourth-order valence-electron chi connectivity index (χ4n) is 0.238. The molecule has 0 aliphatic carbocycles. The topological polar surface area (TPSA) is 66.4 Å². The van der Waals surface area contributed by atoms with E-state index in [2.05, 4.69) is 5.32 Å². The SMILES string of the molecule is O=CNCCC(=O)O.[CaH2]. The number of amides is 1. The van der Waals surface area contributed by atoms with Crippen LogP contribution in [0.15, 0.2) is 0 Å². The van der Waals surface area contributed by atoms with E-state index in [1.807, 2.05) is 0 Å². The standard InChI is InChI=1S/C4H7NO3.Ca.2H/c6-3-5-2-1-4(7)8;;;/h3H,1-2H2,(H,5,6)(H,7,8);;;. The minimum atomic E-state index is -0.903. The Morgan fingerprint density at radius 1 is 1.67 bits per heavy atom. The summed E-state index contributed by atoms with van der Waals surface area (Å²) < 4.78 is 0. The Bertz CT molecular complexity index is 95.8. The van der Waals surface area contributed by atoms with Crippen molar-refractivity contribution in [2.24, 2.45) is 0 Å². The van der Waals surface area contributed by atoms with Gasteiger partial charge in [-0.15, -0.1) is 0 Å². The van der Waals surface area contributed by atoms with Crippen LogP contribution in [-0.2, 0) is 9.59 Å². The van der Waals surface area contributed by atoms with E-state index in [0.29, 0.717) is 6.41 Å². The number of aliphatic carboxylic acids is 1. The second kappa shape index (κ2) is 8.20. The zero-order valence-corrected chi connectivity index (χ0v) is 4.26. The quantitative estimate of drug-likeness (QED) is 0.291. The molecule has 50 valence electrons. The number of carbonyl (C=O) groups is 2. The first-order valence-electron chi connectivity index (χ1n) is 2.16. The summed E-state index contributed by atoms with van der Waals surface area (Å²) >= 11 is 0. The molecule has 0 unspecified atom stereocenters. The zero-order chi connectivity index (χ0) is 6.41. The molecule has 0 aliphatic heterocycles. The van der Waals surface area contributed by atoms with Gasteiger partial charge in [0.1, 0.15) is 0 Å². The first-order chi connectivity index (χ1) is 3.77. The summed E-state index contributed by atoms with van der Waals surface area (Å²) in [4.78, 5) is 19.2. The first-order valence-corrected chi connectivity index (χ1v) is 2.16. The van der Waals surface area contributed by atoms with E-state index in [4.69, 9.17) is 5.11 Å². The minimum absolute atomic E-state index is 0. The monoisotopic (exact) mass is 159 g/mol. The van der Waals surface area contributed by atoms with Gasteiger partial charge in [-0.05, 0) is 0 Å². The Kier molecular flexibility index (Phi) is 10.9. The number of carboxylic acids is 1.